The summed E-state index contributed by atoms with van der Waals surface area (Å²) in [6, 6.07) is 0. The van der Waals surface area contributed by atoms with E-state index in [-0.39, 0.29) is 0 Å². The molecule has 0 amide bonds. The highest BCUT2D eigenvalue weighted by Crippen LogP contribution is 1.98. The largest absolute Gasteiger partial charge is 0.239 e. The fourth-order valence-corrected chi connectivity index (χ4v) is 0.869. The van der Waals surface area contributed by atoms with Crippen molar-refractivity contribution in [2.24, 2.45) is 0 Å². The van der Waals surface area contributed by atoms with Crippen LogP contribution in [0.1, 0.15) is 33.4 Å². The summed E-state index contributed by atoms with van der Waals surface area (Å²) >= 11 is 0. The zero-order chi connectivity index (χ0) is 11.0. The Morgan fingerprint density at radius 1 is 1.07 bits per heavy atom. The molecule has 0 aliphatic rings. The van der Waals surface area contributed by atoms with Gasteiger partial charge in [-0.3, -0.25) is 0 Å². The van der Waals surface area contributed by atoms with Gasteiger partial charge in [-0.15, -0.1) is 0 Å². The molecule has 2 aromatic rings. The Balaban J connectivity index is 0.000000379. The Morgan fingerprint density at radius 2 is 1.71 bits per heavy atom. The third-order valence-electron chi connectivity index (χ3n) is 1.36. The van der Waals surface area contributed by atoms with Crippen molar-refractivity contribution in [2.45, 2.75) is 34.6 Å². The number of hydrogen-bond acceptors (Lipinski definition) is 3. The SMILES string of the molecule is CC.CC.Cc1cnc2cncnn12. The van der Waals surface area contributed by atoms with Crippen LogP contribution in [0.15, 0.2) is 18.7 Å². The van der Waals surface area contributed by atoms with Crippen LogP contribution in [-0.2, 0) is 0 Å². The third-order valence-corrected chi connectivity index (χ3v) is 1.36. The molecule has 0 N–H and O–H groups in total. The minimum Gasteiger partial charge on any atom is -0.239 e. The van der Waals surface area contributed by atoms with Crippen LogP contribution in [0, 0.1) is 6.92 Å². The fraction of sp³-hybridized carbons (Fsp3) is 0.500. The Hall–Kier alpha value is -1.45. The van der Waals surface area contributed by atoms with Crippen molar-refractivity contribution < 1.29 is 0 Å². The van der Waals surface area contributed by atoms with E-state index >= 15 is 0 Å². The van der Waals surface area contributed by atoms with Crippen LogP contribution in [0.4, 0.5) is 0 Å². The van der Waals surface area contributed by atoms with Crippen LogP contribution in [0.3, 0.4) is 0 Å². The van der Waals surface area contributed by atoms with Crippen molar-refractivity contribution in [1.29, 1.82) is 0 Å². The molecule has 0 atom stereocenters. The van der Waals surface area contributed by atoms with Gasteiger partial charge in [-0.2, -0.15) is 5.10 Å². The Kier molecular flexibility index (Phi) is 6.28. The summed E-state index contributed by atoms with van der Waals surface area (Å²) in [4.78, 5) is 7.89. The maximum atomic E-state index is 4.06. The molecule has 0 fully saturated rings. The standard InChI is InChI=1S/C6H6N4.2C2H6/c1-5-2-8-6-3-7-4-9-10(5)6;2*1-2/h2-4H,1H3;2*1-2H3. The van der Waals surface area contributed by atoms with Crippen LogP contribution in [-0.4, -0.2) is 19.6 Å². The van der Waals surface area contributed by atoms with Crippen molar-refractivity contribution in [1.82, 2.24) is 19.6 Å². The van der Waals surface area contributed by atoms with Crippen molar-refractivity contribution in [2.75, 3.05) is 0 Å². The van der Waals surface area contributed by atoms with Crippen molar-refractivity contribution in [3.05, 3.63) is 24.4 Å². The summed E-state index contributed by atoms with van der Waals surface area (Å²) in [6.07, 6.45) is 4.95. The molecular formula is C10H18N4. The molecule has 0 saturated carbocycles. The molecule has 0 aromatic carbocycles. The molecule has 0 unspecified atom stereocenters. The van der Waals surface area contributed by atoms with E-state index in [9.17, 15) is 0 Å². The molecule has 2 heterocycles. The summed E-state index contributed by atoms with van der Waals surface area (Å²) < 4.78 is 1.74. The zero-order valence-electron chi connectivity index (χ0n) is 9.52. The monoisotopic (exact) mass is 194 g/mol. The molecule has 78 valence electrons. The van der Waals surface area contributed by atoms with E-state index in [2.05, 4.69) is 15.1 Å². The number of aryl methyl sites for hydroxylation is 1. The molecule has 2 aromatic heterocycles. The normalized spacial score (nSPS) is 8.36. The van der Waals surface area contributed by atoms with E-state index < -0.39 is 0 Å². The first kappa shape index (κ1) is 12.6. The fourth-order valence-electron chi connectivity index (χ4n) is 0.869. The molecule has 0 spiro atoms. The lowest BCUT2D eigenvalue weighted by atomic mass is 10.6. The van der Waals surface area contributed by atoms with Gasteiger partial charge in [0.1, 0.15) is 6.33 Å². The first-order valence-corrected chi connectivity index (χ1v) is 4.98. The lowest BCUT2D eigenvalue weighted by Crippen LogP contribution is -1.92. The lowest BCUT2D eigenvalue weighted by Gasteiger charge is -1.89. The van der Waals surface area contributed by atoms with E-state index in [4.69, 9.17) is 0 Å². The lowest BCUT2D eigenvalue weighted by molar-refractivity contribution is 0.868. The second-order valence-electron chi connectivity index (χ2n) is 2.08. The number of fused-ring (bicyclic) bond motifs is 1. The topological polar surface area (TPSA) is 43.1 Å². The molecular weight excluding hydrogens is 176 g/mol. The quantitative estimate of drug-likeness (QED) is 0.647. The predicted molar refractivity (Wildman–Crippen MR) is 58.2 cm³/mol. The van der Waals surface area contributed by atoms with Gasteiger partial charge in [-0.1, -0.05) is 27.7 Å². The Morgan fingerprint density at radius 3 is 2.29 bits per heavy atom. The van der Waals surface area contributed by atoms with Crippen molar-refractivity contribution >= 4 is 5.65 Å². The minimum absolute atomic E-state index is 0.792. The van der Waals surface area contributed by atoms with Crippen LogP contribution < -0.4 is 0 Å². The Labute approximate surface area is 85.0 Å². The first-order valence-electron chi connectivity index (χ1n) is 4.98. The van der Waals surface area contributed by atoms with Crippen LogP contribution in [0.5, 0.6) is 0 Å². The summed E-state index contributed by atoms with van der Waals surface area (Å²) in [6.45, 7) is 9.95. The molecule has 0 bridgehead atoms. The van der Waals surface area contributed by atoms with Gasteiger partial charge in [0.2, 0.25) is 0 Å². The average Bonchev–Trinajstić information content (AvgIpc) is 2.67. The molecule has 2 rings (SSSR count). The van der Waals surface area contributed by atoms with E-state index in [1.54, 1.807) is 16.9 Å². The third kappa shape index (κ3) is 2.80. The molecule has 0 radical (unpaired) electrons. The van der Waals surface area contributed by atoms with Crippen molar-refractivity contribution in [3.63, 3.8) is 0 Å². The summed E-state index contributed by atoms with van der Waals surface area (Å²) in [5.74, 6) is 0. The van der Waals surface area contributed by atoms with E-state index in [1.807, 2.05) is 34.6 Å². The van der Waals surface area contributed by atoms with Gasteiger partial charge in [0.05, 0.1) is 18.1 Å². The van der Waals surface area contributed by atoms with Gasteiger partial charge in [0.25, 0.3) is 0 Å². The van der Waals surface area contributed by atoms with Crippen LogP contribution in [0.2, 0.25) is 0 Å². The number of rotatable bonds is 0. The zero-order valence-corrected chi connectivity index (χ0v) is 9.52. The molecule has 0 aliphatic heterocycles. The van der Waals surface area contributed by atoms with Gasteiger partial charge in [0.15, 0.2) is 5.65 Å². The second kappa shape index (κ2) is 7.00. The van der Waals surface area contributed by atoms with Gasteiger partial charge < -0.3 is 0 Å². The predicted octanol–water partition coefficient (Wildman–Crippen LogP) is 2.49. The van der Waals surface area contributed by atoms with E-state index in [0.717, 1.165) is 11.3 Å². The van der Waals surface area contributed by atoms with E-state index in [1.165, 1.54) is 6.33 Å². The number of imidazole rings is 1. The maximum absolute atomic E-state index is 4.06. The highest BCUT2D eigenvalue weighted by atomic mass is 15.3. The smallest absolute Gasteiger partial charge is 0.172 e. The maximum Gasteiger partial charge on any atom is 0.172 e. The van der Waals surface area contributed by atoms with Gasteiger partial charge >= 0.3 is 0 Å². The number of aromatic nitrogens is 4. The minimum atomic E-state index is 0.792. The molecule has 0 aliphatic carbocycles. The average molecular weight is 194 g/mol. The molecule has 4 nitrogen and oxygen atoms in total. The van der Waals surface area contributed by atoms with Gasteiger partial charge in [-0.25, -0.2) is 14.5 Å². The van der Waals surface area contributed by atoms with E-state index in [0.29, 0.717) is 0 Å². The van der Waals surface area contributed by atoms with Crippen molar-refractivity contribution in [3.8, 4) is 0 Å². The molecule has 0 saturated heterocycles. The van der Waals surface area contributed by atoms with Crippen LogP contribution >= 0.6 is 0 Å². The highest BCUT2D eigenvalue weighted by molar-refractivity contribution is 5.34. The first-order chi connectivity index (χ1) is 6.88. The van der Waals surface area contributed by atoms with Gasteiger partial charge in [0, 0.05) is 0 Å². The molecule has 14 heavy (non-hydrogen) atoms. The highest BCUT2D eigenvalue weighted by Gasteiger charge is 1.95. The Bertz CT molecular complexity index is 354. The molecule has 4 heteroatoms. The number of hydrogen-bond donors (Lipinski definition) is 0. The summed E-state index contributed by atoms with van der Waals surface area (Å²) in [5, 5.41) is 3.98. The summed E-state index contributed by atoms with van der Waals surface area (Å²) in [5.41, 5.74) is 1.82. The second-order valence-corrected chi connectivity index (χ2v) is 2.08. The van der Waals surface area contributed by atoms with Crippen LogP contribution in [0.25, 0.3) is 5.65 Å². The summed E-state index contributed by atoms with van der Waals surface area (Å²) in [7, 11) is 0. The van der Waals surface area contributed by atoms with Gasteiger partial charge in [-0.05, 0) is 6.92 Å². The number of nitrogens with zero attached hydrogens (tertiary/aromatic N) is 4.